The molecular weight excluding hydrogens is 234 g/mol. The van der Waals surface area contributed by atoms with Crippen LogP contribution in [0.1, 0.15) is 19.3 Å². The largest absolute Gasteiger partial charge is 0.480 e. The Labute approximate surface area is 94.8 Å². The highest BCUT2D eigenvalue weighted by Crippen LogP contribution is 2.10. The second-order valence-corrected chi connectivity index (χ2v) is 5.49. The molecule has 1 aliphatic rings. The van der Waals surface area contributed by atoms with Crippen molar-refractivity contribution in [3.63, 3.8) is 0 Å². The fourth-order valence-corrected chi connectivity index (χ4v) is 2.78. The lowest BCUT2D eigenvalue weighted by Gasteiger charge is -2.16. The van der Waals surface area contributed by atoms with Gasteiger partial charge in [-0.05, 0) is 19.3 Å². The molecule has 1 rings (SSSR count). The molecule has 94 valence electrons. The summed E-state index contributed by atoms with van der Waals surface area (Å²) in [7, 11) is -3.45. The van der Waals surface area contributed by atoms with E-state index < -0.39 is 22.2 Å². The van der Waals surface area contributed by atoms with Crippen molar-refractivity contribution in [2.75, 3.05) is 19.6 Å². The van der Waals surface area contributed by atoms with E-state index in [1.54, 1.807) is 0 Å². The minimum Gasteiger partial charge on any atom is -0.480 e. The van der Waals surface area contributed by atoms with Gasteiger partial charge in [-0.2, -0.15) is 12.7 Å². The van der Waals surface area contributed by atoms with E-state index in [1.165, 1.54) is 4.31 Å². The second kappa shape index (κ2) is 5.58. The predicted molar refractivity (Wildman–Crippen MR) is 58.0 cm³/mol. The molecule has 0 aromatic rings. The lowest BCUT2D eigenvalue weighted by molar-refractivity contribution is -0.138. The van der Waals surface area contributed by atoms with E-state index in [0.29, 0.717) is 13.1 Å². The molecule has 0 unspecified atom stereocenters. The molecule has 0 aromatic carbocycles. The van der Waals surface area contributed by atoms with Crippen LogP contribution in [0, 0.1) is 0 Å². The van der Waals surface area contributed by atoms with Gasteiger partial charge < -0.3 is 10.8 Å². The number of aliphatic carboxylic acids is 1. The van der Waals surface area contributed by atoms with Crippen molar-refractivity contribution in [1.29, 1.82) is 0 Å². The number of nitrogens with zero attached hydrogens (tertiary/aromatic N) is 1. The number of rotatable bonds is 6. The highest BCUT2D eigenvalue weighted by molar-refractivity contribution is 7.87. The van der Waals surface area contributed by atoms with Crippen LogP contribution in [0.4, 0.5) is 0 Å². The molecule has 1 atom stereocenters. The minimum atomic E-state index is -3.45. The van der Waals surface area contributed by atoms with E-state index in [2.05, 4.69) is 4.72 Å². The van der Waals surface area contributed by atoms with Crippen LogP contribution in [-0.4, -0.2) is 49.5 Å². The first kappa shape index (κ1) is 13.4. The standard InChI is InChI=1S/C8H17N3O4S/c9-7(8(12)13)3-4-10-16(14,15)11-5-1-2-6-11/h7,10H,1-6,9H2,(H,12,13)/t7-/m0/s1. The van der Waals surface area contributed by atoms with Crippen LogP contribution >= 0.6 is 0 Å². The van der Waals surface area contributed by atoms with Gasteiger partial charge in [0.2, 0.25) is 0 Å². The number of hydrogen-bond acceptors (Lipinski definition) is 4. The van der Waals surface area contributed by atoms with Crippen LogP contribution in [0.5, 0.6) is 0 Å². The maximum Gasteiger partial charge on any atom is 0.320 e. The lowest BCUT2D eigenvalue weighted by atomic mass is 10.2. The Morgan fingerprint density at radius 2 is 2.00 bits per heavy atom. The van der Waals surface area contributed by atoms with Crippen LogP contribution < -0.4 is 10.5 Å². The van der Waals surface area contributed by atoms with Gasteiger partial charge in [0.1, 0.15) is 6.04 Å². The molecule has 0 aromatic heterocycles. The van der Waals surface area contributed by atoms with Crippen molar-refractivity contribution in [3.8, 4) is 0 Å². The zero-order valence-corrected chi connectivity index (χ0v) is 9.74. The average molecular weight is 251 g/mol. The summed E-state index contributed by atoms with van der Waals surface area (Å²) in [5, 5.41) is 8.51. The Balaban J connectivity index is 2.33. The fraction of sp³-hybridized carbons (Fsp3) is 0.875. The van der Waals surface area contributed by atoms with E-state index in [0.717, 1.165) is 12.8 Å². The molecule has 1 aliphatic heterocycles. The molecule has 16 heavy (non-hydrogen) atoms. The number of hydrogen-bond donors (Lipinski definition) is 3. The summed E-state index contributed by atoms with van der Waals surface area (Å²) in [6.07, 6.45) is 1.83. The van der Waals surface area contributed by atoms with Crippen LogP contribution in [0.25, 0.3) is 0 Å². The van der Waals surface area contributed by atoms with Crippen LogP contribution in [0.2, 0.25) is 0 Å². The summed E-state index contributed by atoms with van der Waals surface area (Å²) in [5.41, 5.74) is 5.25. The third-order valence-electron chi connectivity index (χ3n) is 2.46. The van der Waals surface area contributed by atoms with Crippen molar-refractivity contribution in [2.24, 2.45) is 5.73 Å². The molecule has 7 nitrogen and oxygen atoms in total. The SMILES string of the molecule is N[C@@H](CCNS(=O)(=O)N1CCCC1)C(=O)O. The number of carbonyl (C=O) groups is 1. The van der Waals surface area contributed by atoms with Gasteiger partial charge in [0.05, 0.1) is 0 Å². The fourth-order valence-electron chi connectivity index (χ4n) is 1.49. The van der Waals surface area contributed by atoms with Gasteiger partial charge >= 0.3 is 5.97 Å². The zero-order chi connectivity index (χ0) is 12.2. The summed E-state index contributed by atoms with van der Waals surface area (Å²) in [6.45, 7) is 1.10. The molecule has 0 spiro atoms. The molecule has 1 fully saturated rings. The Bertz CT molecular complexity index is 337. The summed E-state index contributed by atoms with van der Waals surface area (Å²) in [4.78, 5) is 10.4. The van der Waals surface area contributed by atoms with Gasteiger partial charge in [0.15, 0.2) is 0 Å². The van der Waals surface area contributed by atoms with Crippen molar-refractivity contribution in [2.45, 2.75) is 25.3 Å². The normalized spacial score (nSPS) is 19.8. The molecule has 0 aliphatic carbocycles. The van der Waals surface area contributed by atoms with Crippen molar-refractivity contribution in [3.05, 3.63) is 0 Å². The van der Waals surface area contributed by atoms with Crippen molar-refractivity contribution >= 4 is 16.2 Å². The Kier molecular flexibility index (Phi) is 4.66. The number of nitrogens with one attached hydrogen (secondary N) is 1. The summed E-state index contributed by atoms with van der Waals surface area (Å²) >= 11 is 0. The quantitative estimate of drug-likeness (QED) is 0.544. The van der Waals surface area contributed by atoms with Gasteiger partial charge in [-0.1, -0.05) is 0 Å². The highest BCUT2D eigenvalue weighted by atomic mass is 32.2. The van der Waals surface area contributed by atoms with E-state index in [-0.39, 0.29) is 13.0 Å². The van der Waals surface area contributed by atoms with Gasteiger partial charge in [-0.3, -0.25) is 4.79 Å². The maximum absolute atomic E-state index is 11.6. The minimum absolute atomic E-state index is 0.0479. The molecule has 0 bridgehead atoms. The first-order chi connectivity index (χ1) is 7.43. The van der Waals surface area contributed by atoms with E-state index >= 15 is 0 Å². The number of carboxylic acid groups (broad SMARTS) is 1. The van der Waals surface area contributed by atoms with E-state index in [4.69, 9.17) is 10.8 Å². The van der Waals surface area contributed by atoms with E-state index in [1.807, 2.05) is 0 Å². The first-order valence-corrected chi connectivity index (χ1v) is 6.60. The molecule has 1 saturated heterocycles. The van der Waals surface area contributed by atoms with E-state index in [9.17, 15) is 13.2 Å². The topological polar surface area (TPSA) is 113 Å². The summed E-state index contributed by atoms with van der Waals surface area (Å²) in [6, 6.07) is -1.03. The molecule has 0 radical (unpaired) electrons. The Morgan fingerprint density at radius 3 is 2.50 bits per heavy atom. The molecule has 0 saturated carbocycles. The average Bonchev–Trinajstić information content (AvgIpc) is 2.70. The number of carboxylic acids is 1. The lowest BCUT2D eigenvalue weighted by Crippen LogP contribution is -2.41. The van der Waals surface area contributed by atoms with Crippen LogP contribution in [-0.2, 0) is 15.0 Å². The van der Waals surface area contributed by atoms with Crippen LogP contribution in [0.3, 0.4) is 0 Å². The third kappa shape index (κ3) is 3.71. The second-order valence-electron chi connectivity index (χ2n) is 3.74. The first-order valence-electron chi connectivity index (χ1n) is 5.16. The maximum atomic E-state index is 11.6. The third-order valence-corrected chi connectivity index (χ3v) is 4.08. The van der Waals surface area contributed by atoms with Gasteiger partial charge in [-0.25, -0.2) is 4.72 Å². The molecule has 8 heteroatoms. The molecule has 0 amide bonds. The summed E-state index contributed by atoms with van der Waals surface area (Å²) in [5.74, 6) is -1.12. The monoisotopic (exact) mass is 251 g/mol. The number of nitrogens with two attached hydrogens (primary N) is 1. The van der Waals surface area contributed by atoms with Crippen LogP contribution in [0.15, 0.2) is 0 Å². The Hall–Kier alpha value is -0.700. The molecule has 1 heterocycles. The summed E-state index contributed by atoms with van der Waals surface area (Å²) < 4.78 is 26.9. The van der Waals surface area contributed by atoms with Gasteiger partial charge in [-0.15, -0.1) is 0 Å². The molecule has 4 N–H and O–H groups in total. The predicted octanol–water partition coefficient (Wildman–Crippen LogP) is -1.28. The highest BCUT2D eigenvalue weighted by Gasteiger charge is 2.24. The zero-order valence-electron chi connectivity index (χ0n) is 8.92. The smallest absolute Gasteiger partial charge is 0.320 e. The Morgan fingerprint density at radius 1 is 1.44 bits per heavy atom. The van der Waals surface area contributed by atoms with Crippen molar-refractivity contribution < 1.29 is 18.3 Å². The van der Waals surface area contributed by atoms with Crippen molar-refractivity contribution in [1.82, 2.24) is 9.03 Å². The van der Waals surface area contributed by atoms with Gasteiger partial charge in [0.25, 0.3) is 10.2 Å². The molecular formula is C8H17N3O4S. The van der Waals surface area contributed by atoms with Gasteiger partial charge in [0, 0.05) is 19.6 Å².